The first-order valence-corrected chi connectivity index (χ1v) is 9.22. The Hall–Kier alpha value is -2.21. The summed E-state index contributed by atoms with van der Waals surface area (Å²) < 4.78 is 4.63. The molecule has 0 radical (unpaired) electrons. The number of rotatable bonds is 4. The molecule has 0 unspecified atom stereocenters. The minimum absolute atomic E-state index is 0.612. The molecule has 2 aromatic heterocycles. The Morgan fingerprint density at radius 1 is 1.12 bits per heavy atom. The molecule has 0 spiro atoms. The monoisotopic (exact) mass is 382 g/mol. The molecule has 4 nitrogen and oxygen atoms in total. The number of fused-ring (bicyclic) bond motifs is 3. The number of nitrogens with zero attached hydrogens (tertiary/aromatic N) is 4. The average Bonchev–Trinajstić information content (AvgIpc) is 2.90. The largest absolute Gasteiger partial charge is 0.283 e. The Morgan fingerprint density at radius 2 is 1.92 bits per heavy atom. The zero-order valence-corrected chi connectivity index (χ0v) is 16.3. The molecule has 0 saturated carbocycles. The van der Waals surface area contributed by atoms with Gasteiger partial charge >= 0.3 is 0 Å². The van der Waals surface area contributed by atoms with Gasteiger partial charge < -0.3 is 0 Å². The second kappa shape index (κ2) is 6.83. The molecule has 0 atom stereocenters. The van der Waals surface area contributed by atoms with Gasteiger partial charge in [0.2, 0.25) is 4.77 Å². The van der Waals surface area contributed by atoms with Crippen molar-refractivity contribution in [3.63, 3.8) is 0 Å². The van der Waals surface area contributed by atoms with Crippen molar-refractivity contribution in [1.29, 1.82) is 0 Å². The molecule has 6 heteroatoms. The van der Waals surface area contributed by atoms with Gasteiger partial charge in [-0.25, -0.2) is 4.68 Å². The maximum Gasteiger partial charge on any atom is 0.204 e. The van der Waals surface area contributed by atoms with Crippen molar-refractivity contribution in [2.75, 3.05) is 7.05 Å². The predicted octanol–water partition coefficient (Wildman–Crippen LogP) is 5.07. The highest BCUT2D eigenvalue weighted by atomic mass is 35.5. The standard InChI is InChI=1S/C20H19ClN4S/c1-14-10-19-22-24(13-23(2)12-15-6-5-7-16(21)11-15)20(26)25(19)18-9-4-3-8-17(14)18/h3-11H,12-13H2,1-2H3. The van der Waals surface area contributed by atoms with E-state index in [9.17, 15) is 0 Å². The van der Waals surface area contributed by atoms with Gasteiger partial charge in [0.05, 0.1) is 12.2 Å². The molecule has 4 aromatic rings. The van der Waals surface area contributed by atoms with E-state index in [0.717, 1.165) is 28.3 Å². The highest BCUT2D eigenvalue weighted by molar-refractivity contribution is 7.71. The third-order valence-electron chi connectivity index (χ3n) is 4.50. The second-order valence-electron chi connectivity index (χ2n) is 6.61. The quantitative estimate of drug-likeness (QED) is 0.461. The number of para-hydroxylation sites is 1. The maximum atomic E-state index is 6.08. The Labute approximate surface area is 162 Å². The third-order valence-corrected chi connectivity index (χ3v) is 5.13. The van der Waals surface area contributed by atoms with E-state index in [-0.39, 0.29) is 0 Å². The van der Waals surface area contributed by atoms with Gasteiger partial charge in [-0.05, 0) is 61.6 Å². The summed E-state index contributed by atoms with van der Waals surface area (Å²) in [5, 5.41) is 6.68. The first-order chi connectivity index (χ1) is 12.5. The molecule has 0 amide bonds. The van der Waals surface area contributed by atoms with Crippen molar-refractivity contribution in [2.24, 2.45) is 0 Å². The fourth-order valence-corrected chi connectivity index (χ4v) is 3.84. The van der Waals surface area contributed by atoms with Crippen LogP contribution in [0.2, 0.25) is 5.02 Å². The van der Waals surface area contributed by atoms with Crippen LogP contribution in [0, 0.1) is 11.7 Å². The lowest BCUT2D eigenvalue weighted by Crippen LogP contribution is -2.22. The highest BCUT2D eigenvalue weighted by Gasteiger charge is 2.11. The summed E-state index contributed by atoms with van der Waals surface area (Å²) in [5.41, 5.74) is 4.34. The van der Waals surface area contributed by atoms with E-state index in [1.165, 1.54) is 10.9 Å². The van der Waals surface area contributed by atoms with Gasteiger partial charge in [-0.1, -0.05) is 41.9 Å². The first-order valence-electron chi connectivity index (χ1n) is 8.44. The summed E-state index contributed by atoms with van der Waals surface area (Å²) >= 11 is 11.8. The number of pyridine rings is 1. The van der Waals surface area contributed by atoms with Gasteiger partial charge in [0, 0.05) is 17.0 Å². The summed E-state index contributed by atoms with van der Waals surface area (Å²) in [7, 11) is 2.05. The van der Waals surface area contributed by atoms with Crippen LogP contribution >= 0.6 is 23.8 Å². The molecule has 4 rings (SSSR count). The van der Waals surface area contributed by atoms with Crippen molar-refractivity contribution in [3.8, 4) is 0 Å². The molecule has 132 valence electrons. The van der Waals surface area contributed by atoms with Crippen LogP contribution < -0.4 is 0 Å². The lowest BCUT2D eigenvalue weighted by atomic mass is 10.1. The summed E-state index contributed by atoms with van der Waals surface area (Å²) in [6, 6.07) is 18.3. The first kappa shape index (κ1) is 17.2. The average molecular weight is 383 g/mol. The van der Waals surface area contributed by atoms with Crippen molar-refractivity contribution < 1.29 is 0 Å². The Balaban J connectivity index is 1.70. The fraction of sp³-hybridized carbons (Fsp3) is 0.200. The van der Waals surface area contributed by atoms with Crippen LogP contribution in [0.1, 0.15) is 11.1 Å². The zero-order valence-electron chi connectivity index (χ0n) is 14.7. The molecule has 2 aromatic carbocycles. The lowest BCUT2D eigenvalue weighted by Gasteiger charge is -2.16. The maximum absolute atomic E-state index is 6.08. The normalized spacial score (nSPS) is 11.7. The van der Waals surface area contributed by atoms with Crippen molar-refractivity contribution >= 4 is 40.4 Å². The molecule has 0 bridgehead atoms. The molecule has 0 fully saturated rings. The minimum Gasteiger partial charge on any atom is -0.283 e. The zero-order chi connectivity index (χ0) is 18.3. The van der Waals surface area contributed by atoms with Crippen molar-refractivity contribution in [3.05, 3.63) is 75.5 Å². The van der Waals surface area contributed by atoms with Crippen molar-refractivity contribution in [2.45, 2.75) is 20.1 Å². The number of hydrogen-bond donors (Lipinski definition) is 0. The minimum atomic E-state index is 0.612. The molecule has 0 N–H and O–H groups in total. The number of aryl methyl sites for hydroxylation is 1. The topological polar surface area (TPSA) is 25.5 Å². The van der Waals surface area contributed by atoms with E-state index >= 15 is 0 Å². The second-order valence-corrected chi connectivity index (χ2v) is 7.41. The van der Waals surface area contributed by atoms with Gasteiger partial charge in [-0.15, -0.1) is 0 Å². The molecular formula is C20H19ClN4S. The number of aromatic nitrogens is 3. The van der Waals surface area contributed by atoms with Crippen LogP contribution in [0.3, 0.4) is 0 Å². The molecule has 26 heavy (non-hydrogen) atoms. The summed E-state index contributed by atoms with van der Waals surface area (Å²) in [6.45, 7) is 3.49. The third kappa shape index (κ3) is 3.14. The molecular weight excluding hydrogens is 364 g/mol. The Bertz CT molecular complexity index is 1160. The summed E-state index contributed by atoms with van der Waals surface area (Å²) in [5.74, 6) is 0. The highest BCUT2D eigenvalue weighted by Crippen LogP contribution is 2.21. The van der Waals surface area contributed by atoms with Crippen LogP contribution in [0.5, 0.6) is 0 Å². The van der Waals surface area contributed by atoms with Gasteiger partial charge in [0.1, 0.15) is 0 Å². The van der Waals surface area contributed by atoms with E-state index < -0.39 is 0 Å². The van der Waals surface area contributed by atoms with E-state index in [1.54, 1.807) is 0 Å². The van der Waals surface area contributed by atoms with E-state index in [4.69, 9.17) is 28.9 Å². The smallest absolute Gasteiger partial charge is 0.204 e. The van der Waals surface area contributed by atoms with Crippen LogP contribution in [-0.2, 0) is 13.2 Å². The number of hydrogen-bond acceptors (Lipinski definition) is 3. The number of benzene rings is 2. The number of halogens is 1. The summed E-state index contributed by atoms with van der Waals surface area (Å²) in [6.07, 6.45) is 0. The molecule has 0 aliphatic heterocycles. The lowest BCUT2D eigenvalue weighted by molar-refractivity contribution is 0.245. The summed E-state index contributed by atoms with van der Waals surface area (Å²) in [4.78, 5) is 2.17. The van der Waals surface area contributed by atoms with Gasteiger partial charge in [-0.3, -0.25) is 9.30 Å². The van der Waals surface area contributed by atoms with Crippen LogP contribution in [0.4, 0.5) is 0 Å². The predicted molar refractivity (Wildman–Crippen MR) is 109 cm³/mol. The molecule has 2 heterocycles. The molecule has 0 aliphatic rings. The van der Waals surface area contributed by atoms with E-state index in [2.05, 4.69) is 43.1 Å². The van der Waals surface area contributed by atoms with Crippen LogP contribution in [-0.4, -0.2) is 26.1 Å². The molecule has 0 aliphatic carbocycles. The van der Waals surface area contributed by atoms with Crippen LogP contribution in [0.15, 0.2) is 54.6 Å². The SMILES string of the molecule is Cc1cc2nn(CN(C)Cc3cccc(Cl)c3)c(=S)n2c2ccccc12. The molecule has 0 saturated heterocycles. The van der Waals surface area contributed by atoms with Crippen LogP contribution in [0.25, 0.3) is 16.6 Å². The van der Waals surface area contributed by atoms with Crippen molar-refractivity contribution in [1.82, 2.24) is 19.1 Å². The fourth-order valence-electron chi connectivity index (χ4n) is 3.34. The Kier molecular flexibility index (Phi) is 4.53. The Morgan fingerprint density at radius 3 is 2.73 bits per heavy atom. The van der Waals surface area contributed by atoms with E-state index in [0.29, 0.717) is 11.4 Å². The van der Waals surface area contributed by atoms with Gasteiger partial charge in [0.15, 0.2) is 5.65 Å². The van der Waals surface area contributed by atoms with Gasteiger partial charge in [0.25, 0.3) is 0 Å². The van der Waals surface area contributed by atoms with Gasteiger partial charge in [-0.2, -0.15) is 5.10 Å². The van der Waals surface area contributed by atoms with E-state index in [1.807, 2.05) is 39.4 Å².